The van der Waals surface area contributed by atoms with Crippen molar-refractivity contribution >= 4 is 40.5 Å². The third kappa shape index (κ3) is 4.60. The van der Waals surface area contributed by atoms with E-state index in [0.29, 0.717) is 16.2 Å². The Morgan fingerprint density at radius 3 is 2.79 bits per heavy atom. The summed E-state index contributed by atoms with van der Waals surface area (Å²) in [6.45, 7) is 0.0237. The maximum absolute atomic E-state index is 11.8. The highest BCUT2D eigenvalue weighted by Crippen LogP contribution is 2.33. The summed E-state index contributed by atoms with van der Waals surface area (Å²) < 4.78 is 7.29. The van der Waals surface area contributed by atoms with E-state index in [1.807, 2.05) is 74.1 Å². The number of rotatable bonds is 5. The molecule has 34 heavy (non-hydrogen) atoms. The monoisotopic (exact) mass is 470 g/mol. The third-order valence-corrected chi connectivity index (χ3v) is 6.01. The van der Waals surface area contributed by atoms with E-state index >= 15 is 0 Å². The third-order valence-electron chi connectivity index (χ3n) is 5.20. The Kier molecular flexibility index (Phi) is 5.92. The molecule has 2 aromatic heterocycles. The summed E-state index contributed by atoms with van der Waals surface area (Å²) in [6.07, 6.45) is 5.23. The highest BCUT2D eigenvalue weighted by molar-refractivity contribution is 7.07. The quantitative estimate of drug-likeness (QED) is 0.445. The predicted octanol–water partition coefficient (Wildman–Crippen LogP) is 4.12. The molecular formula is C25H22N6O2S. The summed E-state index contributed by atoms with van der Waals surface area (Å²) >= 11 is 1.47. The van der Waals surface area contributed by atoms with Gasteiger partial charge in [-0.15, -0.1) is 11.3 Å². The van der Waals surface area contributed by atoms with Crippen LogP contribution in [0.5, 0.6) is 5.75 Å². The lowest BCUT2D eigenvalue weighted by molar-refractivity contribution is -0.118. The number of nitrogens with zero attached hydrogens (tertiary/aromatic N) is 5. The Bertz CT molecular complexity index is 1420. The fraction of sp³-hybridized carbons (Fsp3) is 0.120. The van der Waals surface area contributed by atoms with E-state index in [0.717, 1.165) is 28.2 Å². The molecule has 1 aliphatic rings. The van der Waals surface area contributed by atoms with E-state index < -0.39 is 0 Å². The fourth-order valence-corrected chi connectivity index (χ4v) is 4.30. The normalized spacial score (nSPS) is 13.5. The van der Waals surface area contributed by atoms with Gasteiger partial charge in [0.05, 0.1) is 29.5 Å². The first-order chi connectivity index (χ1) is 16.6. The molecule has 0 saturated carbocycles. The molecule has 1 N–H and O–H groups in total. The Balaban J connectivity index is 1.58. The Labute approximate surface area is 200 Å². The number of carbonyl (C=O) groups excluding carboxylic acids is 1. The van der Waals surface area contributed by atoms with Crippen molar-refractivity contribution in [3.05, 3.63) is 82.7 Å². The number of nitrogens with one attached hydrogen (secondary N) is 1. The van der Waals surface area contributed by atoms with Gasteiger partial charge in [0.25, 0.3) is 5.91 Å². The van der Waals surface area contributed by atoms with Gasteiger partial charge in [-0.2, -0.15) is 5.10 Å². The first-order valence-corrected chi connectivity index (χ1v) is 11.5. The smallest absolute Gasteiger partial charge is 0.262 e. The van der Waals surface area contributed by atoms with Crippen molar-refractivity contribution in [2.24, 2.45) is 10.1 Å². The van der Waals surface area contributed by atoms with E-state index in [9.17, 15) is 4.79 Å². The van der Waals surface area contributed by atoms with Gasteiger partial charge in [0, 0.05) is 36.9 Å². The van der Waals surface area contributed by atoms with Crippen LogP contribution in [-0.2, 0) is 4.79 Å². The van der Waals surface area contributed by atoms with Crippen LogP contribution in [-0.4, -0.2) is 42.5 Å². The number of aromatic nitrogens is 2. The van der Waals surface area contributed by atoms with Crippen molar-refractivity contribution in [2.45, 2.75) is 0 Å². The van der Waals surface area contributed by atoms with Gasteiger partial charge < -0.3 is 15.0 Å². The zero-order chi connectivity index (χ0) is 23.5. The molecule has 0 bridgehead atoms. The number of pyridine rings is 1. The molecule has 0 unspecified atom stereocenters. The lowest BCUT2D eigenvalue weighted by Gasteiger charge is -2.18. The van der Waals surface area contributed by atoms with E-state index in [1.165, 1.54) is 11.3 Å². The number of hydrogen-bond donors (Lipinski definition) is 1. The number of thiazole rings is 1. The van der Waals surface area contributed by atoms with Crippen LogP contribution in [0, 0.1) is 0 Å². The van der Waals surface area contributed by atoms with Gasteiger partial charge in [-0.05, 0) is 48.0 Å². The van der Waals surface area contributed by atoms with E-state index in [4.69, 9.17) is 14.8 Å². The molecule has 0 aliphatic carbocycles. The maximum Gasteiger partial charge on any atom is 0.262 e. The van der Waals surface area contributed by atoms with Gasteiger partial charge in [-0.1, -0.05) is 12.1 Å². The van der Waals surface area contributed by atoms with Crippen molar-refractivity contribution < 1.29 is 9.53 Å². The topological polar surface area (TPSA) is 84.1 Å². The number of anilines is 2. The Morgan fingerprint density at radius 2 is 2.03 bits per heavy atom. The Morgan fingerprint density at radius 1 is 1.18 bits per heavy atom. The molecule has 5 rings (SSSR count). The molecule has 2 aromatic carbocycles. The first-order valence-electron chi connectivity index (χ1n) is 10.6. The van der Waals surface area contributed by atoms with Gasteiger partial charge in [0.15, 0.2) is 6.61 Å². The fourth-order valence-electron chi connectivity index (χ4n) is 3.44. The average Bonchev–Trinajstić information content (AvgIpc) is 3.25. The van der Waals surface area contributed by atoms with E-state index in [1.54, 1.807) is 23.3 Å². The summed E-state index contributed by atoms with van der Waals surface area (Å²) in [5.41, 5.74) is 5.19. The molecule has 0 atom stereocenters. The highest BCUT2D eigenvalue weighted by Gasteiger charge is 2.18. The van der Waals surface area contributed by atoms with Crippen LogP contribution in [0.2, 0.25) is 0 Å². The minimum Gasteiger partial charge on any atom is -0.482 e. The molecule has 1 aliphatic heterocycles. The second-order valence-corrected chi connectivity index (χ2v) is 8.65. The van der Waals surface area contributed by atoms with Crippen LogP contribution in [0.15, 0.2) is 82.5 Å². The van der Waals surface area contributed by atoms with Gasteiger partial charge in [0.1, 0.15) is 5.75 Å². The van der Waals surface area contributed by atoms with Gasteiger partial charge in [-0.25, -0.2) is 9.67 Å². The van der Waals surface area contributed by atoms with Crippen LogP contribution in [0.25, 0.3) is 11.3 Å². The first kappa shape index (κ1) is 21.6. The summed E-state index contributed by atoms with van der Waals surface area (Å²) in [5.74, 6) is 0.476. The van der Waals surface area contributed by atoms with Crippen molar-refractivity contribution in [3.63, 3.8) is 0 Å². The number of fused-ring (bicyclic) bond motifs is 1. The molecule has 1 amide bonds. The minimum atomic E-state index is -0.172. The van der Waals surface area contributed by atoms with Crippen LogP contribution in [0.3, 0.4) is 0 Å². The molecule has 9 heteroatoms. The zero-order valence-electron chi connectivity index (χ0n) is 18.7. The average molecular weight is 471 g/mol. The lowest BCUT2D eigenvalue weighted by Crippen LogP contribution is -2.25. The van der Waals surface area contributed by atoms with Crippen molar-refractivity contribution in [1.82, 2.24) is 9.66 Å². The number of ether oxygens (including phenoxy) is 1. The zero-order valence-corrected chi connectivity index (χ0v) is 19.5. The second-order valence-electron chi connectivity index (χ2n) is 7.82. The summed E-state index contributed by atoms with van der Waals surface area (Å²) in [7, 11) is 4.02. The molecule has 3 heterocycles. The number of amides is 1. The molecule has 8 nitrogen and oxygen atoms in total. The van der Waals surface area contributed by atoms with E-state index in [-0.39, 0.29) is 12.5 Å². The van der Waals surface area contributed by atoms with Crippen molar-refractivity contribution in [3.8, 4) is 17.0 Å². The maximum atomic E-state index is 11.8. The van der Waals surface area contributed by atoms with Crippen LogP contribution < -0.4 is 19.8 Å². The number of hydrogen-bond acceptors (Lipinski definition) is 7. The lowest BCUT2D eigenvalue weighted by atomic mass is 10.1. The Hall–Kier alpha value is -4.24. The second kappa shape index (κ2) is 9.32. The molecular weight excluding hydrogens is 448 g/mol. The molecule has 0 saturated heterocycles. The van der Waals surface area contributed by atoms with Crippen LogP contribution in [0.4, 0.5) is 17.1 Å². The standard InChI is InChI=1S/C25H22N6O2S/c1-30(2)20-8-5-17(6-9-20)13-27-31-22(16-34-25(31)28-19-4-3-11-26-14-19)18-7-10-23-21(12-18)29-24(32)15-33-23/h3-14,16H,15H2,1-2H3,(H,29,32). The van der Waals surface area contributed by atoms with Gasteiger partial charge in [-0.3, -0.25) is 9.78 Å². The molecule has 0 radical (unpaired) electrons. The number of benzene rings is 2. The van der Waals surface area contributed by atoms with Gasteiger partial charge >= 0.3 is 0 Å². The molecule has 0 spiro atoms. The van der Waals surface area contributed by atoms with Crippen LogP contribution in [0.1, 0.15) is 5.56 Å². The highest BCUT2D eigenvalue weighted by atomic mass is 32.1. The predicted molar refractivity (Wildman–Crippen MR) is 135 cm³/mol. The van der Waals surface area contributed by atoms with Gasteiger partial charge in [0.2, 0.25) is 4.80 Å². The van der Waals surface area contributed by atoms with Crippen LogP contribution >= 0.6 is 11.3 Å². The number of carbonyl (C=O) groups is 1. The molecule has 170 valence electrons. The summed E-state index contributed by atoms with van der Waals surface area (Å²) in [6, 6.07) is 17.6. The summed E-state index contributed by atoms with van der Waals surface area (Å²) in [4.78, 5) is 23.4. The van der Waals surface area contributed by atoms with E-state index in [2.05, 4.69) is 15.2 Å². The largest absolute Gasteiger partial charge is 0.482 e. The van der Waals surface area contributed by atoms with Crippen molar-refractivity contribution in [1.29, 1.82) is 0 Å². The molecule has 0 fully saturated rings. The molecule has 4 aromatic rings. The SMILES string of the molecule is CN(C)c1ccc(C=Nn2c(-c3ccc4c(c3)NC(=O)CO4)csc2=Nc2cccnc2)cc1. The summed E-state index contributed by atoms with van der Waals surface area (Å²) in [5, 5.41) is 9.63. The van der Waals surface area contributed by atoms with Crippen molar-refractivity contribution in [2.75, 3.05) is 30.9 Å². The minimum absolute atomic E-state index is 0.0237.